The van der Waals surface area contributed by atoms with Crippen molar-refractivity contribution in [3.8, 4) is 0 Å². The van der Waals surface area contributed by atoms with E-state index in [0.717, 1.165) is 74.7 Å². The Hall–Kier alpha value is -1.11. The lowest BCUT2D eigenvalue weighted by atomic mass is 9.43. The first-order valence-electron chi connectivity index (χ1n) is 22.6. The number of ether oxygens (including phenoxy) is 2. The van der Waals surface area contributed by atoms with Gasteiger partial charge in [0, 0.05) is 85.6 Å². The SMILES string of the molecule is C[C@]12CCC(=O)C=C1C=C[C@@H]1[C@@H]2[C@H](O)C[C@@]2(C)[C@H]1CC[C@@]21CCC(=O)O1.Cc1coc([C@@H]2CC3=CC(=O)CC[C@]3(C)[C@@H]3[C@@H]2[C@@H]2CC[C@@]4(CCC(=O)O4)[C@@]2(C)C[C@H]3O)c1.I.II. The Morgan fingerprint density at radius 3 is 1.84 bits per heavy atom. The molecule has 5 saturated carbocycles. The van der Waals surface area contributed by atoms with Crippen LogP contribution in [-0.4, -0.2) is 57.1 Å². The summed E-state index contributed by atoms with van der Waals surface area (Å²) >= 11 is 4.24. The number of carbonyl (C=O) groups excluding carboxylic acids is 4. The topological polar surface area (TPSA) is 140 Å². The predicted molar refractivity (Wildman–Crippen MR) is 257 cm³/mol. The number of aliphatic hydroxyl groups excluding tert-OH is 2. The van der Waals surface area contributed by atoms with Gasteiger partial charge in [0.15, 0.2) is 11.6 Å². The quantitative estimate of drug-likeness (QED) is 0.208. The Balaban J connectivity index is 0.000000162. The summed E-state index contributed by atoms with van der Waals surface area (Å²) < 4.78 is 18.1. The molecule has 0 radical (unpaired) electrons. The highest BCUT2D eigenvalue weighted by Gasteiger charge is 2.71. The highest BCUT2D eigenvalue weighted by atomic mass is 128. The van der Waals surface area contributed by atoms with Gasteiger partial charge in [-0.25, -0.2) is 0 Å². The maximum Gasteiger partial charge on any atom is 0.306 e. The standard InChI is InChI=1S/C27H34O5.C22H28O4.I2.HI/c1-15-10-21(31-14-15)18-12-16-11-17(28)4-7-25(16,2)24-20(29)13-26(3)19(23(18)24)5-8-27(26)9-6-22(30)32-27;1-20-8-5-14(23)11-13(20)3-4-15-16-6-9-22(10-7-18(25)26-22)21(16,2)12-17(24)19(15)20;1-2;/h10-11,14,18-20,23-24,29H,4-9,12-13H2,1-3H3;3-4,11,15-17,19,24H,5-10,12H2,1-2H3;;1H/t18-,19-,20+,23-,24-,25-,26-,27+;15-,16-,17+,19+,20-,21-,22+;;/m00../s1. The summed E-state index contributed by atoms with van der Waals surface area (Å²) in [6.45, 7) is 11.1. The lowest BCUT2D eigenvalue weighted by Gasteiger charge is -2.62. The molecule has 10 aliphatic rings. The first-order chi connectivity index (χ1) is 28.5. The number of allylic oxidation sites excluding steroid dienone is 5. The highest BCUT2D eigenvalue weighted by molar-refractivity contribution is 15.0. The number of rotatable bonds is 1. The normalized spacial score (nSPS) is 47.4. The lowest BCUT2D eigenvalue weighted by molar-refractivity contribution is -0.188. The van der Waals surface area contributed by atoms with E-state index >= 15 is 0 Å². The van der Waals surface area contributed by atoms with E-state index in [1.54, 1.807) is 6.08 Å². The van der Waals surface area contributed by atoms with Gasteiger partial charge in [-0.1, -0.05) is 45.4 Å². The van der Waals surface area contributed by atoms with Crippen LogP contribution >= 0.6 is 61.2 Å². The Morgan fingerprint density at radius 1 is 0.705 bits per heavy atom. The van der Waals surface area contributed by atoms with Gasteiger partial charge < -0.3 is 24.1 Å². The predicted octanol–water partition coefficient (Wildman–Crippen LogP) is 10.6. The number of aliphatic hydroxyl groups is 2. The van der Waals surface area contributed by atoms with Gasteiger partial charge in [0.25, 0.3) is 0 Å². The number of esters is 2. The molecule has 11 rings (SSSR count). The molecule has 1 aromatic rings. The number of hydrogen-bond acceptors (Lipinski definition) is 9. The molecule has 2 aliphatic heterocycles. The summed E-state index contributed by atoms with van der Waals surface area (Å²) in [5.41, 5.74) is 1.88. The highest BCUT2D eigenvalue weighted by Crippen LogP contribution is 2.72. The second-order valence-corrected chi connectivity index (χ2v) is 21.5. The van der Waals surface area contributed by atoms with Gasteiger partial charge in [0.2, 0.25) is 0 Å². The number of halogens is 3. The van der Waals surface area contributed by atoms with Crippen LogP contribution in [-0.2, 0) is 28.7 Å². The number of fused-ring (bicyclic) bond motifs is 12. The van der Waals surface area contributed by atoms with Crippen molar-refractivity contribution in [1.29, 1.82) is 0 Å². The first-order valence-corrected chi connectivity index (χ1v) is 28.9. The molecular weight excluding hydrogens is 1110 g/mol. The molecule has 334 valence electrons. The second-order valence-electron chi connectivity index (χ2n) is 21.5. The van der Waals surface area contributed by atoms with Crippen LogP contribution in [0.15, 0.2) is 52.2 Å². The zero-order valence-corrected chi connectivity index (χ0v) is 42.8. The Kier molecular flexibility index (Phi) is 12.4. The lowest BCUT2D eigenvalue weighted by Crippen LogP contribution is -2.61. The third-order valence-corrected chi connectivity index (χ3v) is 19.2. The van der Waals surface area contributed by atoms with Crippen molar-refractivity contribution < 1.29 is 43.3 Å². The summed E-state index contributed by atoms with van der Waals surface area (Å²) in [4.78, 5) is 48.4. The molecule has 2 saturated heterocycles. The summed E-state index contributed by atoms with van der Waals surface area (Å²) in [5, 5.41) is 23.1. The monoisotopic (exact) mass is 1180 g/mol. The van der Waals surface area contributed by atoms with Crippen molar-refractivity contribution in [2.75, 3.05) is 0 Å². The zero-order valence-electron chi connectivity index (χ0n) is 36.2. The second kappa shape index (κ2) is 16.3. The van der Waals surface area contributed by atoms with Crippen LogP contribution in [0.5, 0.6) is 0 Å². The summed E-state index contributed by atoms with van der Waals surface area (Å²) in [5.74, 6) is 2.88. The number of hydrogen-bond donors (Lipinski definition) is 2. The molecular formula is C49H63I3O9. The molecule has 0 amide bonds. The van der Waals surface area contributed by atoms with E-state index in [0.29, 0.717) is 50.4 Å². The molecule has 61 heavy (non-hydrogen) atoms. The smallest absolute Gasteiger partial charge is 0.306 e. The maximum absolute atomic E-state index is 12.4. The molecule has 9 nitrogen and oxygen atoms in total. The average Bonchev–Trinajstić information content (AvgIpc) is 4.02. The first kappa shape index (κ1) is 46.4. The van der Waals surface area contributed by atoms with Crippen molar-refractivity contribution in [1.82, 2.24) is 0 Å². The van der Waals surface area contributed by atoms with Crippen molar-refractivity contribution in [2.24, 2.45) is 57.2 Å². The largest absolute Gasteiger partial charge is 0.469 e. The van der Waals surface area contributed by atoms with Crippen LogP contribution in [0.4, 0.5) is 0 Å². The molecule has 2 spiro atoms. The fraction of sp³-hybridized carbons (Fsp3) is 0.714. The molecule has 3 heterocycles. The number of carbonyl (C=O) groups is 4. The average molecular weight is 1180 g/mol. The summed E-state index contributed by atoms with van der Waals surface area (Å²) in [6, 6.07) is 2.13. The van der Waals surface area contributed by atoms with Gasteiger partial charge in [-0.3, -0.25) is 19.2 Å². The van der Waals surface area contributed by atoms with Crippen molar-refractivity contribution in [3.63, 3.8) is 0 Å². The van der Waals surface area contributed by atoms with Crippen LogP contribution in [0.2, 0.25) is 0 Å². The van der Waals surface area contributed by atoms with Crippen molar-refractivity contribution in [3.05, 3.63) is 59.1 Å². The molecule has 1 aromatic heterocycles. The Morgan fingerprint density at radius 2 is 1.26 bits per heavy atom. The summed E-state index contributed by atoms with van der Waals surface area (Å²) in [6.07, 6.45) is 20.3. The zero-order chi connectivity index (χ0) is 42.8. The fourth-order valence-electron chi connectivity index (χ4n) is 16.3. The van der Waals surface area contributed by atoms with E-state index in [2.05, 4.69) is 83.1 Å². The van der Waals surface area contributed by atoms with Crippen molar-refractivity contribution >= 4 is 84.7 Å². The minimum atomic E-state index is -0.490. The van der Waals surface area contributed by atoms with Gasteiger partial charge in [0.05, 0.1) is 18.5 Å². The summed E-state index contributed by atoms with van der Waals surface area (Å²) in [7, 11) is 0. The molecule has 0 unspecified atom stereocenters. The third-order valence-electron chi connectivity index (χ3n) is 19.2. The van der Waals surface area contributed by atoms with Gasteiger partial charge in [-0.2, -0.15) is 0 Å². The maximum atomic E-state index is 12.4. The van der Waals surface area contributed by atoms with E-state index in [1.165, 1.54) is 5.57 Å². The van der Waals surface area contributed by atoms with E-state index in [1.807, 2.05) is 19.3 Å². The molecule has 0 aromatic carbocycles. The van der Waals surface area contributed by atoms with Gasteiger partial charge in [0.1, 0.15) is 17.0 Å². The fourth-order valence-corrected chi connectivity index (χ4v) is 16.3. The minimum absolute atomic E-state index is 0. The molecule has 2 N–H and O–H groups in total. The molecule has 15 atom stereocenters. The van der Waals surface area contributed by atoms with E-state index in [9.17, 15) is 29.4 Å². The van der Waals surface area contributed by atoms with Crippen LogP contribution < -0.4 is 0 Å². The molecule has 12 heteroatoms. The molecule has 7 fully saturated rings. The van der Waals surface area contributed by atoms with Gasteiger partial charge >= 0.3 is 11.9 Å². The van der Waals surface area contributed by atoms with Crippen LogP contribution in [0.25, 0.3) is 0 Å². The minimum Gasteiger partial charge on any atom is -0.469 e. The Bertz CT molecular complexity index is 2070. The van der Waals surface area contributed by atoms with Gasteiger partial charge in [-0.05, 0) is 147 Å². The molecule has 0 bridgehead atoms. The van der Waals surface area contributed by atoms with Crippen LogP contribution in [0.3, 0.4) is 0 Å². The molecule has 8 aliphatic carbocycles. The van der Waals surface area contributed by atoms with E-state index < -0.39 is 17.8 Å². The number of aryl methyl sites for hydroxylation is 1. The van der Waals surface area contributed by atoms with Crippen LogP contribution in [0, 0.1) is 64.1 Å². The number of furan rings is 1. The van der Waals surface area contributed by atoms with Gasteiger partial charge in [-0.15, -0.1) is 24.0 Å². The van der Waals surface area contributed by atoms with E-state index in [4.69, 9.17) is 13.9 Å². The van der Waals surface area contributed by atoms with Crippen molar-refractivity contribution in [2.45, 2.75) is 160 Å². The third kappa shape index (κ3) is 6.84. The Labute approximate surface area is 401 Å². The van der Waals surface area contributed by atoms with Crippen LogP contribution in [0.1, 0.15) is 141 Å². The van der Waals surface area contributed by atoms with E-state index in [-0.39, 0.29) is 104 Å². The number of ketones is 2.